The van der Waals surface area contributed by atoms with Crippen LogP contribution in [0.1, 0.15) is 37.9 Å². The first-order chi connectivity index (χ1) is 11.1. The molecule has 5 heteroatoms. The normalized spacial score (nSPS) is 28.5. The molecule has 23 heavy (non-hydrogen) atoms. The second-order valence-electron chi connectivity index (χ2n) is 6.77. The third-order valence-corrected chi connectivity index (χ3v) is 5.59. The van der Waals surface area contributed by atoms with Crippen molar-refractivity contribution in [3.05, 3.63) is 35.6 Å². The standard InChI is InChI=1S/C18H26FNO3/c1-2-23-17-11-16(22)18(17)7-9-20(10-8-18)12-15(21)13-5-3-4-6-14(13)19/h3-6,15-17,21-22H,2,7-12H2,1H3. The molecule has 1 heterocycles. The Balaban J connectivity index is 1.56. The zero-order valence-corrected chi connectivity index (χ0v) is 13.6. The Kier molecular flexibility index (Phi) is 5.01. The van der Waals surface area contributed by atoms with Crippen LogP contribution in [0.25, 0.3) is 0 Å². The van der Waals surface area contributed by atoms with Gasteiger partial charge in [-0.1, -0.05) is 18.2 Å². The van der Waals surface area contributed by atoms with Crippen LogP contribution in [0.3, 0.4) is 0 Å². The highest BCUT2D eigenvalue weighted by atomic mass is 19.1. The molecule has 1 aromatic rings. The minimum absolute atomic E-state index is 0.116. The molecule has 0 bridgehead atoms. The van der Waals surface area contributed by atoms with Crippen molar-refractivity contribution in [2.75, 3.05) is 26.2 Å². The quantitative estimate of drug-likeness (QED) is 0.871. The van der Waals surface area contributed by atoms with Gasteiger partial charge >= 0.3 is 0 Å². The monoisotopic (exact) mass is 323 g/mol. The second-order valence-corrected chi connectivity index (χ2v) is 6.77. The largest absolute Gasteiger partial charge is 0.392 e. The van der Waals surface area contributed by atoms with E-state index in [0.29, 0.717) is 18.7 Å². The van der Waals surface area contributed by atoms with Gasteiger partial charge in [-0.05, 0) is 38.9 Å². The van der Waals surface area contributed by atoms with Gasteiger partial charge in [0.1, 0.15) is 5.82 Å². The maximum absolute atomic E-state index is 13.7. The number of rotatable bonds is 5. The fourth-order valence-electron chi connectivity index (χ4n) is 4.06. The van der Waals surface area contributed by atoms with Gasteiger partial charge in [-0.2, -0.15) is 0 Å². The topological polar surface area (TPSA) is 52.9 Å². The summed E-state index contributed by atoms with van der Waals surface area (Å²) in [6.07, 6.45) is 1.51. The highest BCUT2D eigenvalue weighted by molar-refractivity contribution is 5.20. The first kappa shape index (κ1) is 16.8. The molecule has 2 fully saturated rings. The number of halogens is 1. The molecule has 1 aliphatic heterocycles. The van der Waals surface area contributed by atoms with E-state index in [9.17, 15) is 14.6 Å². The number of β-amino-alcohol motifs (C(OH)–C–C–N with tert-alkyl or cyclic N) is 1. The summed E-state index contributed by atoms with van der Waals surface area (Å²) in [7, 11) is 0. The van der Waals surface area contributed by atoms with Crippen molar-refractivity contribution in [1.29, 1.82) is 0 Å². The Labute approximate surface area is 136 Å². The van der Waals surface area contributed by atoms with Crippen LogP contribution in [0, 0.1) is 11.2 Å². The lowest BCUT2D eigenvalue weighted by atomic mass is 9.58. The summed E-state index contributed by atoms with van der Waals surface area (Å²) in [6.45, 7) is 4.68. The number of nitrogens with zero attached hydrogens (tertiary/aromatic N) is 1. The molecule has 0 aromatic heterocycles. The molecule has 1 saturated carbocycles. The van der Waals surface area contributed by atoms with Gasteiger partial charge < -0.3 is 19.8 Å². The molecule has 3 unspecified atom stereocenters. The van der Waals surface area contributed by atoms with E-state index in [4.69, 9.17) is 4.74 Å². The van der Waals surface area contributed by atoms with Crippen LogP contribution in [-0.4, -0.2) is 53.6 Å². The molecule has 128 valence electrons. The van der Waals surface area contributed by atoms with Crippen molar-refractivity contribution >= 4 is 0 Å². The first-order valence-electron chi connectivity index (χ1n) is 8.51. The maximum Gasteiger partial charge on any atom is 0.129 e. The number of benzene rings is 1. The lowest BCUT2D eigenvalue weighted by Gasteiger charge is -2.56. The van der Waals surface area contributed by atoms with Gasteiger partial charge in [-0.15, -0.1) is 0 Å². The first-order valence-corrected chi connectivity index (χ1v) is 8.51. The van der Waals surface area contributed by atoms with Crippen molar-refractivity contribution in [3.8, 4) is 0 Å². The SMILES string of the molecule is CCOC1CC(O)C12CCN(CC(O)c1ccccc1F)CC2. The summed E-state index contributed by atoms with van der Waals surface area (Å²) in [4.78, 5) is 2.15. The van der Waals surface area contributed by atoms with Gasteiger partial charge in [0.15, 0.2) is 0 Å². The Morgan fingerprint density at radius 3 is 2.65 bits per heavy atom. The molecule has 3 atom stereocenters. The molecule has 1 saturated heterocycles. The molecule has 4 nitrogen and oxygen atoms in total. The van der Waals surface area contributed by atoms with Gasteiger partial charge in [-0.25, -0.2) is 4.39 Å². The molecule has 2 aliphatic rings. The third-order valence-electron chi connectivity index (χ3n) is 5.59. The fraction of sp³-hybridized carbons (Fsp3) is 0.667. The molecule has 2 N–H and O–H groups in total. The fourth-order valence-corrected chi connectivity index (χ4v) is 4.06. The van der Waals surface area contributed by atoms with Gasteiger partial charge in [-0.3, -0.25) is 0 Å². The molecule has 1 spiro atoms. The Hall–Kier alpha value is -1.01. The lowest BCUT2D eigenvalue weighted by Crippen LogP contribution is -2.62. The van der Waals surface area contributed by atoms with Gasteiger partial charge in [0.25, 0.3) is 0 Å². The summed E-state index contributed by atoms with van der Waals surface area (Å²) in [5, 5.41) is 20.5. The van der Waals surface area contributed by atoms with E-state index in [0.717, 1.165) is 32.4 Å². The van der Waals surface area contributed by atoms with E-state index in [2.05, 4.69) is 4.90 Å². The number of aliphatic hydroxyl groups excluding tert-OH is 2. The molecule has 0 radical (unpaired) electrons. The smallest absolute Gasteiger partial charge is 0.129 e. The summed E-state index contributed by atoms with van der Waals surface area (Å²) in [6, 6.07) is 6.37. The van der Waals surface area contributed by atoms with Crippen LogP contribution in [0.4, 0.5) is 4.39 Å². The van der Waals surface area contributed by atoms with Crippen LogP contribution < -0.4 is 0 Å². The Morgan fingerprint density at radius 1 is 1.35 bits per heavy atom. The predicted octanol–water partition coefficient (Wildman–Crippen LogP) is 2.11. The predicted molar refractivity (Wildman–Crippen MR) is 85.5 cm³/mol. The van der Waals surface area contributed by atoms with Crippen molar-refractivity contribution in [1.82, 2.24) is 4.90 Å². The maximum atomic E-state index is 13.7. The average molecular weight is 323 g/mol. The summed E-state index contributed by atoms with van der Waals surface area (Å²) in [5.41, 5.74) is 0.235. The molecule has 3 rings (SSSR count). The number of hydrogen-bond donors (Lipinski definition) is 2. The lowest BCUT2D eigenvalue weighted by molar-refractivity contribution is -0.210. The average Bonchev–Trinajstić information content (AvgIpc) is 2.56. The van der Waals surface area contributed by atoms with Crippen LogP contribution in [0.5, 0.6) is 0 Å². The number of hydrogen-bond acceptors (Lipinski definition) is 4. The third kappa shape index (κ3) is 3.15. The number of piperidine rings is 1. The minimum atomic E-state index is -0.820. The highest BCUT2D eigenvalue weighted by Crippen LogP contribution is 2.51. The van der Waals surface area contributed by atoms with Crippen molar-refractivity contribution < 1.29 is 19.3 Å². The van der Waals surface area contributed by atoms with E-state index in [-0.39, 0.29) is 23.4 Å². The minimum Gasteiger partial charge on any atom is -0.392 e. The van der Waals surface area contributed by atoms with Crippen LogP contribution >= 0.6 is 0 Å². The van der Waals surface area contributed by atoms with Gasteiger partial charge in [0.2, 0.25) is 0 Å². The van der Waals surface area contributed by atoms with E-state index in [1.807, 2.05) is 6.92 Å². The van der Waals surface area contributed by atoms with Crippen LogP contribution in [0.15, 0.2) is 24.3 Å². The van der Waals surface area contributed by atoms with Crippen molar-refractivity contribution in [2.24, 2.45) is 5.41 Å². The van der Waals surface area contributed by atoms with E-state index >= 15 is 0 Å². The molecular weight excluding hydrogens is 297 g/mol. The summed E-state index contributed by atoms with van der Waals surface area (Å²) >= 11 is 0. The highest BCUT2D eigenvalue weighted by Gasteiger charge is 2.55. The Bertz CT molecular complexity index is 529. The molecule has 1 aromatic carbocycles. The van der Waals surface area contributed by atoms with Crippen LogP contribution in [0.2, 0.25) is 0 Å². The van der Waals surface area contributed by atoms with E-state index in [1.54, 1.807) is 18.2 Å². The van der Waals surface area contributed by atoms with E-state index < -0.39 is 6.10 Å². The number of ether oxygens (including phenoxy) is 1. The molecular formula is C18H26FNO3. The molecule has 1 aliphatic carbocycles. The van der Waals surface area contributed by atoms with E-state index in [1.165, 1.54) is 6.07 Å². The number of likely N-dealkylation sites (tertiary alicyclic amines) is 1. The summed E-state index contributed by atoms with van der Waals surface area (Å²) in [5.74, 6) is -0.362. The number of aliphatic hydroxyl groups is 2. The van der Waals surface area contributed by atoms with Gasteiger partial charge in [0.05, 0.1) is 18.3 Å². The second kappa shape index (κ2) is 6.85. The zero-order chi connectivity index (χ0) is 16.4. The van der Waals surface area contributed by atoms with Crippen molar-refractivity contribution in [3.63, 3.8) is 0 Å². The zero-order valence-electron chi connectivity index (χ0n) is 13.6. The Morgan fingerprint density at radius 2 is 2.04 bits per heavy atom. The molecule has 0 amide bonds. The van der Waals surface area contributed by atoms with Crippen molar-refractivity contribution in [2.45, 2.75) is 44.5 Å². The van der Waals surface area contributed by atoms with Gasteiger partial charge in [0, 0.05) is 30.6 Å². The summed E-state index contributed by atoms with van der Waals surface area (Å²) < 4.78 is 19.5. The van der Waals surface area contributed by atoms with Crippen LogP contribution in [-0.2, 0) is 4.74 Å².